The Morgan fingerprint density at radius 3 is 2.41 bits per heavy atom. The smallest absolute Gasteiger partial charge is 0.272 e. The molecule has 5 aromatic rings. The molecule has 0 radical (unpaired) electrons. The number of hydrogen-bond acceptors (Lipinski definition) is 5. The van der Waals surface area contributed by atoms with Gasteiger partial charge in [-0.1, -0.05) is 54.1 Å². The van der Waals surface area contributed by atoms with E-state index in [4.69, 9.17) is 16.6 Å². The van der Waals surface area contributed by atoms with Crippen LogP contribution in [0, 0.1) is 0 Å². The number of benzene rings is 3. The van der Waals surface area contributed by atoms with Crippen LogP contribution in [0.4, 0.5) is 5.69 Å². The number of carbonyl (C=O) groups excluding carboxylic acids is 1. The van der Waals surface area contributed by atoms with Gasteiger partial charge in [0.15, 0.2) is 0 Å². The van der Waals surface area contributed by atoms with Gasteiger partial charge in [-0.25, -0.2) is 9.97 Å². The highest BCUT2D eigenvalue weighted by molar-refractivity contribution is 8.00. The maximum absolute atomic E-state index is 13.3. The lowest BCUT2D eigenvalue weighted by Crippen LogP contribution is -2.38. The number of aromatic amines is 1. The number of anilines is 1. The number of piperidine rings is 1. The first-order valence-electron chi connectivity index (χ1n) is 13.1. The summed E-state index contributed by atoms with van der Waals surface area (Å²) >= 11 is 7.73. The lowest BCUT2D eigenvalue weighted by molar-refractivity contribution is 0.0705. The van der Waals surface area contributed by atoms with Gasteiger partial charge in [0.1, 0.15) is 11.5 Å². The number of carbonyl (C=O) groups is 1. The van der Waals surface area contributed by atoms with Crippen molar-refractivity contribution in [3.8, 4) is 0 Å². The van der Waals surface area contributed by atoms with Crippen LogP contribution in [0.5, 0.6) is 0 Å². The van der Waals surface area contributed by atoms with Crippen LogP contribution in [0.3, 0.4) is 0 Å². The molecular weight excluding hydrogens is 526 g/mol. The van der Waals surface area contributed by atoms with Crippen molar-refractivity contribution in [1.29, 1.82) is 0 Å². The second-order valence-electron chi connectivity index (χ2n) is 9.67. The van der Waals surface area contributed by atoms with Gasteiger partial charge < -0.3 is 14.2 Å². The summed E-state index contributed by atoms with van der Waals surface area (Å²) in [5.74, 6) is 1.32. The van der Waals surface area contributed by atoms with Crippen molar-refractivity contribution in [3.63, 3.8) is 0 Å². The number of aromatic nitrogens is 3. The Labute approximate surface area is 237 Å². The van der Waals surface area contributed by atoms with Crippen molar-refractivity contribution in [1.82, 2.24) is 19.9 Å². The number of nitrogens with zero attached hydrogens (tertiary/aromatic N) is 4. The SMILES string of the molecule is O=C(c1ccc(N(Cc2ccc(Cl)cc2)Sc2ccccc2)cn1)N1CCC(c2nc3ccccc3[nH]2)CC1. The zero-order valence-electron chi connectivity index (χ0n) is 21.3. The Bertz CT molecular complexity index is 1520. The van der Waals surface area contributed by atoms with E-state index < -0.39 is 0 Å². The molecule has 3 heterocycles. The summed E-state index contributed by atoms with van der Waals surface area (Å²) in [6, 6.07) is 30.0. The Morgan fingerprint density at radius 1 is 0.949 bits per heavy atom. The van der Waals surface area contributed by atoms with E-state index in [1.54, 1.807) is 18.1 Å². The van der Waals surface area contributed by atoms with E-state index in [1.807, 2.05) is 77.7 Å². The van der Waals surface area contributed by atoms with E-state index in [0.29, 0.717) is 36.3 Å². The van der Waals surface area contributed by atoms with Crippen LogP contribution in [-0.2, 0) is 6.54 Å². The molecule has 0 unspecified atom stereocenters. The molecule has 196 valence electrons. The predicted octanol–water partition coefficient (Wildman–Crippen LogP) is 7.35. The van der Waals surface area contributed by atoms with Crippen molar-refractivity contribution in [2.24, 2.45) is 0 Å². The quantitative estimate of drug-likeness (QED) is 0.213. The Balaban J connectivity index is 1.13. The van der Waals surface area contributed by atoms with Crippen LogP contribution in [0.15, 0.2) is 102 Å². The number of H-pyrrole nitrogens is 1. The van der Waals surface area contributed by atoms with Gasteiger partial charge in [0.25, 0.3) is 5.91 Å². The van der Waals surface area contributed by atoms with E-state index in [0.717, 1.165) is 45.8 Å². The fraction of sp³-hybridized carbons (Fsp3) is 0.194. The first-order chi connectivity index (χ1) is 19.1. The highest BCUT2D eigenvalue weighted by Crippen LogP contribution is 2.32. The normalized spacial score (nSPS) is 14.0. The molecule has 1 N–H and O–H groups in total. The van der Waals surface area contributed by atoms with Gasteiger partial charge in [0.2, 0.25) is 0 Å². The second-order valence-corrected chi connectivity index (χ2v) is 11.2. The highest BCUT2D eigenvalue weighted by atomic mass is 35.5. The summed E-state index contributed by atoms with van der Waals surface area (Å²) in [5, 5.41) is 0.715. The molecule has 0 bridgehead atoms. The summed E-state index contributed by atoms with van der Waals surface area (Å²) in [6.07, 6.45) is 3.55. The van der Waals surface area contributed by atoms with Gasteiger partial charge >= 0.3 is 0 Å². The second kappa shape index (κ2) is 11.5. The predicted molar refractivity (Wildman–Crippen MR) is 158 cm³/mol. The molecular formula is C31H28ClN5OS. The average molecular weight is 554 g/mol. The van der Waals surface area contributed by atoms with Crippen LogP contribution in [0.25, 0.3) is 11.0 Å². The Kier molecular flexibility index (Phi) is 7.52. The summed E-state index contributed by atoms with van der Waals surface area (Å²) < 4.78 is 2.18. The number of rotatable bonds is 7. The van der Waals surface area contributed by atoms with Gasteiger partial charge in [-0.15, -0.1) is 0 Å². The third-order valence-electron chi connectivity index (χ3n) is 7.03. The monoisotopic (exact) mass is 553 g/mol. The lowest BCUT2D eigenvalue weighted by atomic mass is 9.96. The minimum Gasteiger partial charge on any atom is -0.342 e. The molecule has 0 spiro atoms. The summed E-state index contributed by atoms with van der Waals surface area (Å²) in [7, 11) is 0. The topological polar surface area (TPSA) is 65.1 Å². The fourth-order valence-electron chi connectivity index (χ4n) is 4.88. The standard InChI is InChI=1S/C31H28ClN5OS/c32-24-12-10-22(11-13-24)21-37(39-26-6-2-1-3-7-26)25-14-15-29(33-20-25)31(38)36-18-16-23(17-19-36)30-34-27-8-4-5-9-28(27)35-30/h1-15,20,23H,16-19,21H2,(H,34,35). The van der Waals surface area contributed by atoms with Crippen molar-refractivity contribution in [2.75, 3.05) is 17.4 Å². The summed E-state index contributed by atoms with van der Waals surface area (Å²) in [4.78, 5) is 29.1. The third kappa shape index (κ3) is 5.95. The van der Waals surface area contributed by atoms with Gasteiger partial charge in [-0.05, 0) is 78.9 Å². The molecule has 1 aliphatic heterocycles. The number of hydrogen-bond donors (Lipinski definition) is 1. The summed E-state index contributed by atoms with van der Waals surface area (Å²) in [5.41, 5.74) is 4.59. The largest absolute Gasteiger partial charge is 0.342 e. The Morgan fingerprint density at radius 2 is 1.69 bits per heavy atom. The maximum Gasteiger partial charge on any atom is 0.272 e. The van der Waals surface area contributed by atoms with Crippen molar-refractivity contribution >= 4 is 46.2 Å². The molecule has 8 heteroatoms. The van der Waals surface area contributed by atoms with Crippen LogP contribution in [0.2, 0.25) is 5.02 Å². The number of likely N-dealkylation sites (tertiary alicyclic amines) is 1. The molecule has 0 saturated carbocycles. The molecule has 1 fully saturated rings. The number of imidazole rings is 1. The zero-order valence-corrected chi connectivity index (χ0v) is 22.9. The van der Waals surface area contributed by atoms with Gasteiger partial charge in [-0.2, -0.15) is 0 Å². The molecule has 3 aromatic carbocycles. The lowest BCUT2D eigenvalue weighted by Gasteiger charge is -2.31. The number of pyridine rings is 1. The molecule has 6 nitrogen and oxygen atoms in total. The van der Waals surface area contributed by atoms with E-state index in [1.165, 1.54) is 0 Å². The minimum atomic E-state index is -0.0235. The highest BCUT2D eigenvalue weighted by Gasteiger charge is 2.27. The fourth-order valence-corrected chi connectivity index (χ4v) is 5.97. The molecule has 1 aliphatic rings. The molecule has 0 atom stereocenters. The Hall–Kier alpha value is -3.81. The zero-order chi connectivity index (χ0) is 26.6. The molecule has 6 rings (SSSR count). The van der Waals surface area contributed by atoms with E-state index in [9.17, 15) is 4.79 Å². The average Bonchev–Trinajstić information content (AvgIpc) is 3.43. The van der Waals surface area contributed by atoms with Gasteiger partial charge in [0.05, 0.1) is 29.5 Å². The molecule has 2 aromatic heterocycles. The molecule has 39 heavy (non-hydrogen) atoms. The van der Waals surface area contributed by atoms with Crippen molar-refractivity contribution < 1.29 is 4.79 Å². The maximum atomic E-state index is 13.3. The first-order valence-corrected chi connectivity index (χ1v) is 14.2. The van der Waals surface area contributed by atoms with E-state index >= 15 is 0 Å². The molecule has 1 amide bonds. The molecule has 0 aliphatic carbocycles. The van der Waals surface area contributed by atoms with Crippen molar-refractivity contribution in [2.45, 2.75) is 30.2 Å². The number of nitrogens with one attached hydrogen (secondary N) is 1. The minimum absolute atomic E-state index is 0.0235. The number of amides is 1. The third-order valence-corrected chi connectivity index (χ3v) is 8.33. The number of para-hydroxylation sites is 2. The summed E-state index contributed by atoms with van der Waals surface area (Å²) in [6.45, 7) is 2.05. The van der Waals surface area contributed by atoms with Gasteiger partial charge in [-0.3, -0.25) is 4.79 Å². The van der Waals surface area contributed by atoms with E-state index in [-0.39, 0.29) is 5.91 Å². The molecule has 1 saturated heterocycles. The van der Waals surface area contributed by atoms with Crippen LogP contribution < -0.4 is 4.31 Å². The van der Waals surface area contributed by atoms with Crippen LogP contribution in [-0.4, -0.2) is 38.8 Å². The number of halogens is 1. The van der Waals surface area contributed by atoms with E-state index in [2.05, 4.69) is 32.5 Å². The van der Waals surface area contributed by atoms with Crippen LogP contribution >= 0.6 is 23.5 Å². The van der Waals surface area contributed by atoms with Gasteiger partial charge in [0, 0.05) is 28.9 Å². The van der Waals surface area contributed by atoms with Crippen LogP contribution in [0.1, 0.15) is 40.6 Å². The first kappa shape index (κ1) is 25.5. The number of fused-ring (bicyclic) bond motifs is 1. The van der Waals surface area contributed by atoms with Crippen molar-refractivity contribution in [3.05, 3.63) is 119 Å².